The number of nitrogens with one attached hydrogen (secondary N) is 2. The summed E-state index contributed by atoms with van der Waals surface area (Å²) in [6, 6.07) is 10.1. The lowest BCUT2D eigenvalue weighted by Crippen LogP contribution is -2.39. The van der Waals surface area contributed by atoms with Gasteiger partial charge in [-0.1, -0.05) is 12.1 Å². The summed E-state index contributed by atoms with van der Waals surface area (Å²) in [5, 5.41) is 5.88. The fourth-order valence-corrected chi connectivity index (χ4v) is 3.35. The van der Waals surface area contributed by atoms with Crippen LogP contribution in [0.4, 0.5) is 4.79 Å². The average molecular weight is 441 g/mol. The van der Waals surface area contributed by atoms with Gasteiger partial charge < -0.3 is 34.1 Å². The molecule has 170 valence electrons. The number of aryl methyl sites for hydroxylation is 1. The minimum atomic E-state index is -0.458. The second-order valence-corrected chi connectivity index (χ2v) is 6.94. The molecule has 1 heterocycles. The normalized spacial score (nSPS) is 11.4. The maximum absolute atomic E-state index is 12.9. The molecule has 0 saturated carbocycles. The number of nitrogens with zero attached hydrogens (tertiary/aromatic N) is 2. The van der Waals surface area contributed by atoms with Crippen molar-refractivity contribution in [3.8, 4) is 23.0 Å². The molecule has 2 aromatic carbocycles. The third kappa shape index (κ3) is 5.05. The first-order chi connectivity index (χ1) is 15.5. The highest BCUT2D eigenvalue weighted by molar-refractivity contribution is 5.75. The van der Waals surface area contributed by atoms with Gasteiger partial charge in [0.2, 0.25) is 0 Å². The zero-order valence-electron chi connectivity index (χ0n) is 18.8. The maximum atomic E-state index is 12.9. The van der Waals surface area contributed by atoms with Crippen LogP contribution in [0.15, 0.2) is 48.8 Å². The molecule has 32 heavy (non-hydrogen) atoms. The molecular formula is C23H28N4O5. The number of carbonyl (C=O) groups is 1. The summed E-state index contributed by atoms with van der Waals surface area (Å²) in [4.78, 5) is 17.3. The van der Waals surface area contributed by atoms with Crippen molar-refractivity contribution in [3.05, 3.63) is 65.7 Å². The van der Waals surface area contributed by atoms with E-state index in [1.165, 1.54) is 0 Å². The van der Waals surface area contributed by atoms with Gasteiger partial charge in [-0.25, -0.2) is 9.78 Å². The van der Waals surface area contributed by atoms with Crippen molar-refractivity contribution in [2.24, 2.45) is 7.05 Å². The molecule has 0 saturated heterocycles. The summed E-state index contributed by atoms with van der Waals surface area (Å²) < 4.78 is 23.3. The number of benzene rings is 2. The van der Waals surface area contributed by atoms with Gasteiger partial charge in [-0.15, -0.1) is 0 Å². The number of ether oxygens (including phenoxy) is 4. The number of amides is 2. The molecule has 0 bridgehead atoms. The Bertz CT molecular complexity index is 1020. The predicted molar refractivity (Wildman–Crippen MR) is 120 cm³/mol. The van der Waals surface area contributed by atoms with Gasteiger partial charge in [0.05, 0.1) is 40.5 Å². The van der Waals surface area contributed by atoms with E-state index in [-0.39, 0.29) is 12.6 Å². The van der Waals surface area contributed by atoms with E-state index >= 15 is 0 Å². The molecule has 1 unspecified atom stereocenters. The Morgan fingerprint density at radius 1 is 0.969 bits per heavy atom. The van der Waals surface area contributed by atoms with Crippen LogP contribution in [-0.4, -0.2) is 44.0 Å². The second-order valence-electron chi connectivity index (χ2n) is 6.94. The Morgan fingerprint density at radius 2 is 1.59 bits per heavy atom. The van der Waals surface area contributed by atoms with Gasteiger partial charge in [-0.3, -0.25) is 0 Å². The molecule has 0 aliphatic carbocycles. The zero-order chi connectivity index (χ0) is 23.1. The van der Waals surface area contributed by atoms with E-state index in [4.69, 9.17) is 18.9 Å². The third-order valence-electron chi connectivity index (χ3n) is 5.08. The summed E-state index contributed by atoms with van der Waals surface area (Å²) in [5.74, 6) is 3.14. The quantitative estimate of drug-likeness (QED) is 0.531. The first kappa shape index (κ1) is 22.8. The van der Waals surface area contributed by atoms with Gasteiger partial charge in [0, 0.05) is 31.6 Å². The van der Waals surface area contributed by atoms with Crippen LogP contribution in [0.25, 0.3) is 0 Å². The Morgan fingerprint density at radius 3 is 2.09 bits per heavy atom. The van der Waals surface area contributed by atoms with E-state index in [0.717, 1.165) is 11.3 Å². The molecule has 2 N–H and O–H groups in total. The number of methoxy groups -OCH3 is 4. The number of hydrogen-bond donors (Lipinski definition) is 2. The first-order valence-corrected chi connectivity index (χ1v) is 9.95. The molecule has 0 radical (unpaired) electrons. The van der Waals surface area contributed by atoms with Crippen LogP contribution < -0.4 is 29.6 Å². The van der Waals surface area contributed by atoms with Crippen molar-refractivity contribution in [2.75, 3.05) is 28.4 Å². The van der Waals surface area contributed by atoms with Crippen molar-refractivity contribution in [2.45, 2.75) is 12.6 Å². The molecule has 9 nitrogen and oxygen atoms in total. The van der Waals surface area contributed by atoms with Gasteiger partial charge in [-0.2, -0.15) is 0 Å². The van der Waals surface area contributed by atoms with E-state index in [1.807, 2.05) is 42.1 Å². The van der Waals surface area contributed by atoms with E-state index < -0.39 is 6.04 Å². The fourth-order valence-electron chi connectivity index (χ4n) is 3.35. The molecule has 9 heteroatoms. The first-order valence-electron chi connectivity index (χ1n) is 9.95. The molecule has 1 aromatic heterocycles. The lowest BCUT2D eigenvalue weighted by atomic mass is 10.1. The summed E-state index contributed by atoms with van der Waals surface area (Å²) in [5.41, 5.74) is 1.57. The fraction of sp³-hybridized carbons (Fsp3) is 0.304. The summed E-state index contributed by atoms with van der Waals surface area (Å²) in [6.07, 6.45) is 3.52. The molecule has 0 fully saturated rings. The molecule has 0 spiro atoms. The molecule has 0 aliphatic rings. The highest BCUT2D eigenvalue weighted by atomic mass is 16.5. The smallest absolute Gasteiger partial charge is 0.315 e. The van der Waals surface area contributed by atoms with Crippen LogP contribution in [0.5, 0.6) is 23.0 Å². The second kappa shape index (κ2) is 10.4. The average Bonchev–Trinajstić information content (AvgIpc) is 3.26. The summed E-state index contributed by atoms with van der Waals surface area (Å²) >= 11 is 0. The van der Waals surface area contributed by atoms with Crippen molar-refractivity contribution < 1.29 is 23.7 Å². The van der Waals surface area contributed by atoms with E-state index in [9.17, 15) is 4.79 Å². The van der Waals surface area contributed by atoms with Gasteiger partial charge in [-0.05, 0) is 17.7 Å². The Kier molecular flexibility index (Phi) is 7.43. The van der Waals surface area contributed by atoms with Crippen LogP contribution in [0.2, 0.25) is 0 Å². The van der Waals surface area contributed by atoms with Crippen LogP contribution in [-0.2, 0) is 13.6 Å². The van der Waals surface area contributed by atoms with Gasteiger partial charge in [0.1, 0.15) is 34.9 Å². The number of carbonyl (C=O) groups excluding carboxylic acids is 1. The Hall–Kier alpha value is -3.88. The highest BCUT2D eigenvalue weighted by Crippen LogP contribution is 2.34. The minimum absolute atomic E-state index is 0.193. The number of rotatable bonds is 9. The molecule has 2 amide bonds. The maximum Gasteiger partial charge on any atom is 0.315 e. The Labute approximate surface area is 187 Å². The Balaban J connectivity index is 1.80. The topological polar surface area (TPSA) is 95.9 Å². The number of aromatic nitrogens is 2. The molecule has 1 atom stereocenters. The lowest BCUT2D eigenvalue weighted by molar-refractivity contribution is 0.237. The van der Waals surface area contributed by atoms with E-state index in [2.05, 4.69) is 15.6 Å². The molecule has 3 aromatic rings. The minimum Gasteiger partial charge on any atom is -0.497 e. The van der Waals surface area contributed by atoms with Crippen molar-refractivity contribution in [1.82, 2.24) is 20.2 Å². The van der Waals surface area contributed by atoms with Gasteiger partial charge in [0.25, 0.3) is 0 Å². The van der Waals surface area contributed by atoms with E-state index in [0.29, 0.717) is 28.6 Å². The van der Waals surface area contributed by atoms with Crippen LogP contribution in [0.3, 0.4) is 0 Å². The van der Waals surface area contributed by atoms with Crippen molar-refractivity contribution >= 4 is 6.03 Å². The van der Waals surface area contributed by atoms with Crippen molar-refractivity contribution in [3.63, 3.8) is 0 Å². The number of imidazole rings is 1. The standard InChI is InChI=1S/C23H28N4O5/c1-27-11-10-24-22(27)21(15-6-8-16(29-2)9-7-15)26-23(28)25-14-18-19(31-4)12-17(30-3)13-20(18)32-5/h6-13,21H,14H2,1-5H3,(H2,25,26,28). The summed E-state index contributed by atoms with van der Waals surface area (Å²) in [6.45, 7) is 0.193. The van der Waals surface area contributed by atoms with Crippen LogP contribution in [0.1, 0.15) is 23.0 Å². The van der Waals surface area contributed by atoms with Crippen LogP contribution in [0, 0.1) is 0 Å². The van der Waals surface area contributed by atoms with Gasteiger partial charge in [0.15, 0.2) is 0 Å². The summed E-state index contributed by atoms with van der Waals surface area (Å²) in [7, 11) is 8.16. The third-order valence-corrected chi connectivity index (χ3v) is 5.08. The highest BCUT2D eigenvalue weighted by Gasteiger charge is 2.22. The predicted octanol–water partition coefficient (Wildman–Crippen LogP) is 3.04. The molecule has 0 aliphatic heterocycles. The largest absolute Gasteiger partial charge is 0.497 e. The monoisotopic (exact) mass is 440 g/mol. The molecule has 3 rings (SSSR count). The number of hydrogen-bond acceptors (Lipinski definition) is 6. The SMILES string of the molecule is COc1ccc(C(NC(=O)NCc2c(OC)cc(OC)cc2OC)c2nccn2C)cc1. The van der Waals surface area contributed by atoms with Crippen LogP contribution >= 0.6 is 0 Å². The van der Waals surface area contributed by atoms with E-state index in [1.54, 1.807) is 46.8 Å². The lowest BCUT2D eigenvalue weighted by Gasteiger charge is -2.20. The van der Waals surface area contributed by atoms with Gasteiger partial charge >= 0.3 is 6.03 Å². The molecular weight excluding hydrogens is 412 g/mol. The van der Waals surface area contributed by atoms with Crippen molar-refractivity contribution in [1.29, 1.82) is 0 Å². The zero-order valence-corrected chi connectivity index (χ0v) is 18.8. The number of urea groups is 1.